The van der Waals surface area contributed by atoms with Crippen LogP contribution in [0, 0.1) is 6.92 Å². The SMILES string of the molecule is COC(=O)C(C)(C)NC(=O)c1cc(C)nc2c1nc1n2CCCCC1. The molecule has 1 N–H and O–H groups in total. The molecule has 0 radical (unpaired) electrons. The van der Waals surface area contributed by atoms with Crippen molar-refractivity contribution in [1.29, 1.82) is 0 Å². The fraction of sp³-hybridized carbons (Fsp3) is 0.556. The molecular formula is C18H24N4O3. The van der Waals surface area contributed by atoms with Crippen LogP contribution >= 0.6 is 0 Å². The van der Waals surface area contributed by atoms with Gasteiger partial charge in [0.15, 0.2) is 5.65 Å². The number of hydrogen-bond donors (Lipinski definition) is 1. The highest BCUT2D eigenvalue weighted by molar-refractivity contribution is 6.06. The molecule has 2 aromatic rings. The maximum Gasteiger partial charge on any atom is 0.330 e. The van der Waals surface area contributed by atoms with Gasteiger partial charge in [0.2, 0.25) is 0 Å². The van der Waals surface area contributed by atoms with E-state index in [2.05, 4.69) is 14.9 Å². The van der Waals surface area contributed by atoms with E-state index in [9.17, 15) is 9.59 Å². The maximum absolute atomic E-state index is 12.8. The Balaban J connectivity index is 2.04. The van der Waals surface area contributed by atoms with E-state index < -0.39 is 11.5 Å². The van der Waals surface area contributed by atoms with Crippen molar-refractivity contribution < 1.29 is 14.3 Å². The maximum atomic E-state index is 12.8. The van der Waals surface area contributed by atoms with Crippen LogP contribution < -0.4 is 5.32 Å². The van der Waals surface area contributed by atoms with E-state index in [-0.39, 0.29) is 5.91 Å². The Kier molecular flexibility index (Phi) is 4.49. The number of esters is 1. The lowest BCUT2D eigenvalue weighted by atomic mass is 10.0. The Bertz CT molecular complexity index is 838. The molecule has 0 unspecified atom stereocenters. The lowest BCUT2D eigenvalue weighted by Gasteiger charge is -2.23. The summed E-state index contributed by atoms with van der Waals surface area (Å²) in [5.74, 6) is 0.134. The van der Waals surface area contributed by atoms with E-state index in [0.717, 1.165) is 43.0 Å². The Morgan fingerprint density at radius 2 is 2.00 bits per heavy atom. The molecule has 0 fully saturated rings. The second kappa shape index (κ2) is 6.46. The van der Waals surface area contributed by atoms with E-state index >= 15 is 0 Å². The van der Waals surface area contributed by atoms with Gasteiger partial charge in [-0.05, 0) is 39.7 Å². The number of nitrogens with one attached hydrogen (secondary N) is 1. The van der Waals surface area contributed by atoms with E-state index in [0.29, 0.717) is 11.1 Å². The van der Waals surface area contributed by atoms with Gasteiger partial charge in [-0.3, -0.25) is 4.79 Å². The van der Waals surface area contributed by atoms with Crippen molar-refractivity contribution in [3.8, 4) is 0 Å². The molecule has 1 amide bonds. The third-order valence-electron chi connectivity index (χ3n) is 4.56. The largest absolute Gasteiger partial charge is 0.467 e. The highest BCUT2D eigenvalue weighted by Crippen LogP contribution is 2.24. The predicted molar refractivity (Wildman–Crippen MR) is 93.4 cm³/mol. The summed E-state index contributed by atoms with van der Waals surface area (Å²) in [6.07, 6.45) is 4.26. The second-order valence-corrected chi connectivity index (χ2v) is 7.04. The van der Waals surface area contributed by atoms with Gasteiger partial charge in [-0.15, -0.1) is 0 Å². The molecule has 1 aliphatic rings. The summed E-state index contributed by atoms with van der Waals surface area (Å²) in [7, 11) is 1.30. The number of ether oxygens (including phenoxy) is 1. The van der Waals surface area contributed by atoms with Crippen LogP contribution in [0.1, 0.15) is 55.0 Å². The van der Waals surface area contributed by atoms with Crippen LogP contribution in [-0.2, 0) is 22.5 Å². The van der Waals surface area contributed by atoms with Gasteiger partial charge >= 0.3 is 5.97 Å². The summed E-state index contributed by atoms with van der Waals surface area (Å²) in [5, 5.41) is 2.74. The monoisotopic (exact) mass is 344 g/mol. The van der Waals surface area contributed by atoms with E-state index in [1.54, 1.807) is 19.9 Å². The first-order chi connectivity index (χ1) is 11.8. The molecule has 0 aliphatic carbocycles. The number of pyridine rings is 1. The van der Waals surface area contributed by atoms with Crippen LogP contribution in [0.15, 0.2) is 6.07 Å². The zero-order valence-electron chi connectivity index (χ0n) is 15.2. The number of nitrogens with zero attached hydrogens (tertiary/aromatic N) is 3. The van der Waals surface area contributed by atoms with Gasteiger partial charge in [0.25, 0.3) is 5.91 Å². The highest BCUT2D eigenvalue weighted by atomic mass is 16.5. The number of rotatable bonds is 3. The van der Waals surface area contributed by atoms with Crippen molar-refractivity contribution in [2.24, 2.45) is 0 Å². The quantitative estimate of drug-likeness (QED) is 0.862. The van der Waals surface area contributed by atoms with Crippen LogP contribution in [0.4, 0.5) is 0 Å². The highest BCUT2D eigenvalue weighted by Gasteiger charge is 2.32. The zero-order chi connectivity index (χ0) is 18.2. The van der Waals surface area contributed by atoms with Crippen molar-refractivity contribution in [3.63, 3.8) is 0 Å². The Morgan fingerprint density at radius 1 is 1.24 bits per heavy atom. The van der Waals surface area contributed by atoms with Crippen molar-refractivity contribution in [2.75, 3.05) is 7.11 Å². The molecule has 0 atom stereocenters. The fourth-order valence-electron chi connectivity index (χ4n) is 3.25. The second-order valence-electron chi connectivity index (χ2n) is 7.04. The molecule has 0 saturated heterocycles. The number of fused-ring (bicyclic) bond motifs is 3. The minimum atomic E-state index is -1.12. The molecule has 25 heavy (non-hydrogen) atoms. The van der Waals surface area contributed by atoms with Gasteiger partial charge in [-0.25, -0.2) is 14.8 Å². The molecule has 0 bridgehead atoms. The third-order valence-corrected chi connectivity index (χ3v) is 4.56. The predicted octanol–water partition coefficient (Wildman–Crippen LogP) is 2.15. The normalized spacial score (nSPS) is 14.7. The number of amides is 1. The third kappa shape index (κ3) is 3.23. The van der Waals surface area contributed by atoms with Gasteiger partial charge in [-0.2, -0.15) is 0 Å². The number of hydrogen-bond acceptors (Lipinski definition) is 5. The first-order valence-corrected chi connectivity index (χ1v) is 8.61. The summed E-state index contributed by atoms with van der Waals surface area (Å²) in [4.78, 5) is 34.0. The van der Waals surface area contributed by atoms with Crippen molar-refractivity contribution in [2.45, 2.75) is 58.5 Å². The lowest BCUT2D eigenvalue weighted by Crippen LogP contribution is -2.50. The Hall–Kier alpha value is -2.44. The van der Waals surface area contributed by atoms with E-state index in [4.69, 9.17) is 9.72 Å². The minimum absolute atomic E-state index is 0.348. The van der Waals surface area contributed by atoms with Crippen LogP contribution in [0.3, 0.4) is 0 Å². The summed E-state index contributed by atoms with van der Waals surface area (Å²) in [5.41, 5.74) is 1.42. The topological polar surface area (TPSA) is 86.1 Å². The van der Waals surface area contributed by atoms with E-state index in [1.807, 2.05) is 6.92 Å². The molecule has 0 aromatic carbocycles. The number of carbonyl (C=O) groups is 2. The lowest BCUT2D eigenvalue weighted by molar-refractivity contribution is -0.146. The van der Waals surface area contributed by atoms with Gasteiger partial charge < -0.3 is 14.6 Å². The van der Waals surface area contributed by atoms with Gasteiger partial charge in [-0.1, -0.05) is 6.42 Å². The zero-order valence-corrected chi connectivity index (χ0v) is 15.2. The molecule has 0 saturated carbocycles. The van der Waals surface area contributed by atoms with Crippen LogP contribution in [0.5, 0.6) is 0 Å². The number of methoxy groups -OCH3 is 1. The molecule has 0 spiro atoms. The summed E-state index contributed by atoms with van der Waals surface area (Å²) >= 11 is 0. The first-order valence-electron chi connectivity index (χ1n) is 8.61. The van der Waals surface area contributed by atoms with E-state index in [1.165, 1.54) is 13.5 Å². The van der Waals surface area contributed by atoms with Crippen LogP contribution in [0.25, 0.3) is 11.2 Å². The minimum Gasteiger partial charge on any atom is -0.467 e. The molecular weight excluding hydrogens is 320 g/mol. The first kappa shape index (κ1) is 17.4. The standard InChI is InChI=1S/C18H24N4O3/c1-11-10-12(16(23)21-18(2,3)17(24)25-4)14-15(19-11)22-9-7-5-6-8-13(22)20-14/h10H,5-9H2,1-4H3,(H,21,23). The molecule has 134 valence electrons. The van der Waals surface area contributed by atoms with Crippen LogP contribution in [-0.4, -0.2) is 39.1 Å². The van der Waals surface area contributed by atoms with Crippen molar-refractivity contribution in [3.05, 3.63) is 23.1 Å². The van der Waals surface area contributed by atoms with Gasteiger partial charge in [0, 0.05) is 18.7 Å². The average Bonchev–Trinajstić information content (AvgIpc) is 2.75. The van der Waals surface area contributed by atoms with Crippen molar-refractivity contribution in [1.82, 2.24) is 19.9 Å². The molecule has 3 heterocycles. The number of aromatic nitrogens is 3. The number of carbonyl (C=O) groups excluding carboxylic acids is 2. The molecule has 2 aromatic heterocycles. The Morgan fingerprint density at radius 3 is 2.72 bits per heavy atom. The molecule has 1 aliphatic heterocycles. The molecule has 3 rings (SSSR count). The van der Waals surface area contributed by atoms with Gasteiger partial charge in [0.05, 0.1) is 12.7 Å². The molecule has 7 heteroatoms. The van der Waals surface area contributed by atoms with Gasteiger partial charge in [0.1, 0.15) is 16.9 Å². The van der Waals surface area contributed by atoms with Crippen molar-refractivity contribution >= 4 is 23.0 Å². The fourth-order valence-corrected chi connectivity index (χ4v) is 3.25. The summed E-state index contributed by atoms with van der Waals surface area (Å²) < 4.78 is 6.88. The summed E-state index contributed by atoms with van der Waals surface area (Å²) in [6.45, 7) is 5.96. The summed E-state index contributed by atoms with van der Waals surface area (Å²) in [6, 6.07) is 1.72. The van der Waals surface area contributed by atoms with Crippen LogP contribution in [0.2, 0.25) is 0 Å². The number of aryl methyl sites for hydroxylation is 3. The molecule has 7 nitrogen and oxygen atoms in total. The Labute approximate surface area is 146 Å². The number of imidazole rings is 1. The average molecular weight is 344 g/mol. The smallest absolute Gasteiger partial charge is 0.330 e.